The van der Waals surface area contributed by atoms with Gasteiger partial charge in [0.25, 0.3) is 0 Å². The Balaban J connectivity index is 2.28. The van der Waals surface area contributed by atoms with Crippen LogP contribution in [-0.2, 0) is 0 Å². The normalized spacial score (nSPS) is 32.3. The largest absolute Gasteiger partial charge is 0.0988 e. The third-order valence-corrected chi connectivity index (χ3v) is 3.93. The van der Waals surface area contributed by atoms with Gasteiger partial charge in [-0.15, -0.1) is 0 Å². The zero-order valence-electron chi connectivity index (χ0n) is 8.97. The van der Waals surface area contributed by atoms with Crippen LogP contribution in [0.1, 0.15) is 38.5 Å². The predicted molar refractivity (Wildman–Crippen MR) is 62.1 cm³/mol. The van der Waals surface area contributed by atoms with E-state index in [1.165, 1.54) is 49.7 Å². The summed E-state index contributed by atoms with van der Waals surface area (Å²) in [6.07, 6.45) is 12.4. The van der Waals surface area contributed by atoms with Crippen molar-refractivity contribution < 1.29 is 0 Å². The van der Waals surface area contributed by atoms with Gasteiger partial charge in [-0.05, 0) is 48.7 Å². The van der Waals surface area contributed by atoms with Crippen molar-refractivity contribution >= 4 is 0 Å². The summed E-state index contributed by atoms with van der Waals surface area (Å²) in [5.74, 6) is 1.75. The molecule has 2 unspecified atom stereocenters. The third-order valence-electron chi connectivity index (χ3n) is 3.93. The average Bonchev–Trinajstić information content (AvgIpc) is 2.27. The molecule has 0 aromatic rings. The van der Waals surface area contributed by atoms with Crippen LogP contribution in [-0.4, -0.2) is 0 Å². The standard InChI is InChI=1S/C14H20/c1-3-11-9-10-12-7-5-6-8-14(12)13(11)4-2/h3-4,12,14H,1-2,5-10H2. The first kappa shape index (κ1) is 9.76. The van der Waals surface area contributed by atoms with Gasteiger partial charge in [0.2, 0.25) is 0 Å². The monoisotopic (exact) mass is 188 g/mol. The summed E-state index contributed by atoms with van der Waals surface area (Å²) in [5.41, 5.74) is 2.97. The fraction of sp³-hybridized carbons (Fsp3) is 0.571. The van der Waals surface area contributed by atoms with Gasteiger partial charge in [-0.1, -0.05) is 38.2 Å². The second-order valence-electron chi connectivity index (χ2n) is 4.58. The molecule has 0 amide bonds. The van der Waals surface area contributed by atoms with E-state index in [0.29, 0.717) is 0 Å². The second kappa shape index (κ2) is 4.16. The van der Waals surface area contributed by atoms with Crippen molar-refractivity contribution in [2.45, 2.75) is 38.5 Å². The molecule has 14 heavy (non-hydrogen) atoms. The van der Waals surface area contributed by atoms with Gasteiger partial charge in [0.1, 0.15) is 0 Å². The first-order valence-corrected chi connectivity index (χ1v) is 5.84. The van der Waals surface area contributed by atoms with Gasteiger partial charge in [0.15, 0.2) is 0 Å². The average molecular weight is 188 g/mol. The van der Waals surface area contributed by atoms with Gasteiger partial charge < -0.3 is 0 Å². The molecule has 2 rings (SSSR count). The van der Waals surface area contributed by atoms with Crippen molar-refractivity contribution in [1.82, 2.24) is 0 Å². The Morgan fingerprint density at radius 1 is 1.00 bits per heavy atom. The SMILES string of the molecule is C=CC1=C(C=C)C2CCCCC2CC1. The fourth-order valence-corrected chi connectivity index (χ4v) is 3.19. The molecule has 1 fully saturated rings. The molecule has 0 saturated heterocycles. The van der Waals surface area contributed by atoms with Crippen molar-refractivity contribution in [1.29, 1.82) is 0 Å². The lowest BCUT2D eigenvalue weighted by atomic mass is 9.68. The van der Waals surface area contributed by atoms with E-state index in [1.54, 1.807) is 0 Å². The Morgan fingerprint density at radius 2 is 1.79 bits per heavy atom. The molecular formula is C14H20. The predicted octanol–water partition coefficient (Wildman–Crippen LogP) is 4.26. The van der Waals surface area contributed by atoms with E-state index in [1.807, 2.05) is 6.08 Å². The smallest absolute Gasteiger partial charge is 0.0131 e. The minimum absolute atomic E-state index is 0.808. The molecule has 0 N–H and O–H groups in total. The van der Waals surface area contributed by atoms with Crippen molar-refractivity contribution in [3.63, 3.8) is 0 Å². The fourth-order valence-electron chi connectivity index (χ4n) is 3.19. The Hall–Kier alpha value is -0.780. The van der Waals surface area contributed by atoms with Crippen LogP contribution in [0.5, 0.6) is 0 Å². The number of hydrogen-bond donors (Lipinski definition) is 0. The lowest BCUT2D eigenvalue weighted by Crippen LogP contribution is -2.25. The van der Waals surface area contributed by atoms with Crippen LogP contribution in [0, 0.1) is 11.8 Å². The van der Waals surface area contributed by atoms with Gasteiger partial charge in [-0.2, -0.15) is 0 Å². The van der Waals surface area contributed by atoms with Crippen LogP contribution < -0.4 is 0 Å². The third kappa shape index (κ3) is 1.58. The van der Waals surface area contributed by atoms with Crippen molar-refractivity contribution in [3.8, 4) is 0 Å². The maximum absolute atomic E-state index is 3.97. The van der Waals surface area contributed by atoms with Crippen LogP contribution in [0.3, 0.4) is 0 Å². The first-order chi connectivity index (χ1) is 6.86. The number of allylic oxidation sites excluding steroid dienone is 4. The first-order valence-electron chi connectivity index (χ1n) is 5.84. The molecule has 0 aliphatic heterocycles. The molecule has 76 valence electrons. The van der Waals surface area contributed by atoms with Gasteiger partial charge in [0.05, 0.1) is 0 Å². The highest BCUT2D eigenvalue weighted by molar-refractivity contribution is 5.36. The molecule has 0 radical (unpaired) electrons. The minimum Gasteiger partial charge on any atom is -0.0988 e. The van der Waals surface area contributed by atoms with Crippen molar-refractivity contribution in [2.24, 2.45) is 11.8 Å². The topological polar surface area (TPSA) is 0 Å². The van der Waals surface area contributed by atoms with Gasteiger partial charge in [-0.3, -0.25) is 0 Å². The van der Waals surface area contributed by atoms with Crippen LogP contribution in [0.2, 0.25) is 0 Å². The van der Waals surface area contributed by atoms with E-state index in [-0.39, 0.29) is 0 Å². The number of rotatable bonds is 2. The summed E-state index contributed by atoms with van der Waals surface area (Å²) in [5, 5.41) is 0. The molecule has 0 aromatic heterocycles. The van der Waals surface area contributed by atoms with E-state index < -0.39 is 0 Å². The summed E-state index contributed by atoms with van der Waals surface area (Å²) in [7, 11) is 0. The quantitative estimate of drug-likeness (QED) is 0.607. The van der Waals surface area contributed by atoms with Crippen LogP contribution in [0.15, 0.2) is 36.5 Å². The maximum Gasteiger partial charge on any atom is -0.0131 e. The molecule has 2 aliphatic rings. The maximum atomic E-state index is 3.97. The second-order valence-corrected chi connectivity index (χ2v) is 4.58. The summed E-state index contributed by atoms with van der Waals surface area (Å²) >= 11 is 0. The molecule has 0 heterocycles. The number of fused-ring (bicyclic) bond motifs is 1. The lowest BCUT2D eigenvalue weighted by molar-refractivity contribution is 0.247. The Kier molecular flexibility index (Phi) is 2.90. The number of hydrogen-bond acceptors (Lipinski definition) is 0. The minimum atomic E-state index is 0.808. The molecule has 0 bridgehead atoms. The molecular weight excluding hydrogens is 168 g/mol. The van der Waals surface area contributed by atoms with Crippen molar-refractivity contribution in [2.75, 3.05) is 0 Å². The van der Waals surface area contributed by atoms with Gasteiger partial charge in [-0.25, -0.2) is 0 Å². The highest BCUT2D eigenvalue weighted by atomic mass is 14.4. The zero-order chi connectivity index (χ0) is 9.97. The van der Waals surface area contributed by atoms with Crippen molar-refractivity contribution in [3.05, 3.63) is 36.5 Å². The summed E-state index contributed by atoms with van der Waals surface area (Å²) in [4.78, 5) is 0. The molecule has 2 atom stereocenters. The summed E-state index contributed by atoms with van der Waals surface area (Å²) in [6, 6.07) is 0. The van der Waals surface area contributed by atoms with Crippen LogP contribution in [0.25, 0.3) is 0 Å². The molecule has 0 spiro atoms. The highest BCUT2D eigenvalue weighted by Crippen LogP contribution is 2.44. The molecule has 2 aliphatic carbocycles. The molecule has 0 aromatic carbocycles. The summed E-state index contributed by atoms with van der Waals surface area (Å²) < 4.78 is 0. The molecule has 1 saturated carbocycles. The van der Waals surface area contributed by atoms with E-state index in [4.69, 9.17) is 0 Å². The molecule has 0 heteroatoms. The Bertz CT molecular complexity index is 270. The lowest BCUT2D eigenvalue weighted by Gasteiger charge is -2.37. The highest BCUT2D eigenvalue weighted by Gasteiger charge is 2.30. The van der Waals surface area contributed by atoms with Gasteiger partial charge >= 0.3 is 0 Å². The van der Waals surface area contributed by atoms with E-state index in [9.17, 15) is 0 Å². The Morgan fingerprint density at radius 3 is 2.50 bits per heavy atom. The van der Waals surface area contributed by atoms with E-state index in [2.05, 4.69) is 19.2 Å². The van der Waals surface area contributed by atoms with Gasteiger partial charge in [0, 0.05) is 0 Å². The van der Waals surface area contributed by atoms with Crippen LogP contribution in [0.4, 0.5) is 0 Å². The Labute approximate surface area is 87.4 Å². The van der Waals surface area contributed by atoms with E-state index >= 15 is 0 Å². The van der Waals surface area contributed by atoms with Crippen LogP contribution >= 0.6 is 0 Å². The van der Waals surface area contributed by atoms with E-state index in [0.717, 1.165) is 11.8 Å². The molecule has 0 nitrogen and oxygen atoms in total. The summed E-state index contributed by atoms with van der Waals surface area (Å²) in [6.45, 7) is 7.88. The zero-order valence-corrected chi connectivity index (χ0v) is 8.97.